The smallest absolute Gasteiger partial charge is 0.243 e. The number of guanidine groups is 1. The fraction of sp³-hybridized carbons (Fsp3) is 0.778. The van der Waals surface area contributed by atoms with Crippen LogP contribution in [0.4, 0.5) is 0 Å². The van der Waals surface area contributed by atoms with Gasteiger partial charge in [-0.25, -0.2) is 14.7 Å². The largest absolute Gasteiger partial charge is 0.381 e. The van der Waals surface area contributed by atoms with Crippen molar-refractivity contribution in [3.05, 3.63) is 11.6 Å². The van der Waals surface area contributed by atoms with Crippen molar-refractivity contribution in [2.24, 2.45) is 10.9 Å². The van der Waals surface area contributed by atoms with Gasteiger partial charge in [-0.15, -0.1) is 24.0 Å². The molecular weight excluding hydrogens is 473 g/mol. The normalized spacial score (nSPS) is 21.6. The van der Waals surface area contributed by atoms with E-state index in [1.165, 1.54) is 0 Å². The molecule has 158 valence electrons. The van der Waals surface area contributed by atoms with E-state index in [4.69, 9.17) is 4.74 Å². The number of aryl methyl sites for hydroxylation is 2. The number of nitrogens with zero attached hydrogens (tertiary/aromatic N) is 5. The quantitative estimate of drug-likeness (QED) is 0.331. The Kier molecular flexibility index (Phi) is 8.93. The first-order valence-electron chi connectivity index (χ1n) is 9.80. The highest BCUT2D eigenvalue weighted by atomic mass is 127. The Balaban J connectivity index is 0.00000280. The third-order valence-electron chi connectivity index (χ3n) is 5.01. The van der Waals surface area contributed by atoms with Crippen LogP contribution in [0.1, 0.15) is 31.4 Å². The molecule has 10 heteroatoms. The molecule has 2 aliphatic heterocycles. The maximum atomic E-state index is 11.9. The molecule has 1 aromatic heterocycles. The molecule has 0 aliphatic carbocycles. The topological polar surface area (TPSA) is 96.7 Å². The Labute approximate surface area is 183 Å². The van der Waals surface area contributed by atoms with Crippen molar-refractivity contribution in [3.8, 4) is 0 Å². The van der Waals surface area contributed by atoms with E-state index in [0.29, 0.717) is 11.9 Å². The fourth-order valence-electron chi connectivity index (χ4n) is 3.25. The summed E-state index contributed by atoms with van der Waals surface area (Å²) in [5.41, 5.74) is 0. The van der Waals surface area contributed by atoms with E-state index in [0.717, 1.165) is 63.6 Å². The summed E-state index contributed by atoms with van der Waals surface area (Å²) in [6.45, 7) is 5.36. The van der Waals surface area contributed by atoms with E-state index < -0.39 is 0 Å². The van der Waals surface area contributed by atoms with Gasteiger partial charge in [-0.2, -0.15) is 5.10 Å². The SMILES string of the molecule is CCc1nc2n(n1)CC(NC(=NCC(=O)N(C)C)NCC1CCOC1)CC2.I. The van der Waals surface area contributed by atoms with Gasteiger partial charge in [0.25, 0.3) is 0 Å². The lowest BCUT2D eigenvalue weighted by atomic mass is 10.1. The molecule has 3 heterocycles. The molecule has 1 fully saturated rings. The summed E-state index contributed by atoms with van der Waals surface area (Å²) in [7, 11) is 3.49. The zero-order valence-corrected chi connectivity index (χ0v) is 19.3. The van der Waals surface area contributed by atoms with Crippen LogP contribution in [0.25, 0.3) is 0 Å². The summed E-state index contributed by atoms with van der Waals surface area (Å²) in [6, 6.07) is 0.212. The number of carbonyl (C=O) groups excluding carboxylic acids is 1. The molecule has 0 bridgehead atoms. The van der Waals surface area contributed by atoms with Gasteiger partial charge in [0.15, 0.2) is 11.8 Å². The Morgan fingerprint density at radius 3 is 2.89 bits per heavy atom. The minimum Gasteiger partial charge on any atom is -0.381 e. The van der Waals surface area contributed by atoms with Gasteiger partial charge < -0.3 is 20.3 Å². The van der Waals surface area contributed by atoms with E-state index in [9.17, 15) is 4.79 Å². The molecule has 0 radical (unpaired) electrons. The molecule has 1 aromatic rings. The zero-order valence-electron chi connectivity index (χ0n) is 17.0. The third kappa shape index (κ3) is 6.29. The number of carbonyl (C=O) groups is 1. The number of halogens is 1. The number of amides is 1. The average molecular weight is 505 g/mol. The predicted molar refractivity (Wildman–Crippen MR) is 118 cm³/mol. The monoisotopic (exact) mass is 505 g/mol. The van der Waals surface area contributed by atoms with Crippen molar-refractivity contribution in [3.63, 3.8) is 0 Å². The fourth-order valence-corrected chi connectivity index (χ4v) is 3.25. The van der Waals surface area contributed by atoms with Crippen molar-refractivity contribution in [1.29, 1.82) is 0 Å². The Hall–Kier alpha value is -1.43. The summed E-state index contributed by atoms with van der Waals surface area (Å²) in [4.78, 5) is 22.5. The maximum absolute atomic E-state index is 11.9. The molecule has 1 saturated heterocycles. The summed E-state index contributed by atoms with van der Waals surface area (Å²) in [6.07, 6.45) is 3.77. The van der Waals surface area contributed by atoms with Crippen LogP contribution < -0.4 is 10.6 Å². The second-order valence-electron chi connectivity index (χ2n) is 7.42. The first-order valence-corrected chi connectivity index (χ1v) is 9.80. The first-order chi connectivity index (χ1) is 13.0. The van der Waals surface area contributed by atoms with E-state index in [1.807, 2.05) is 4.68 Å². The highest BCUT2D eigenvalue weighted by Gasteiger charge is 2.23. The van der Waals surface area contributed by atoms with Crippen molar-refractivity contribution < 1.29 is 9.53 Å². The van der Waals surface area contributed by atoms with E-state index in [1.54, 1.807) is 19.0 Å². The number of fused-ring (bicyclic) bond motifs is 1. The molecule has 3 rings (SSSR count). The van der Waals surface area contributed by atoms with E-state index >= 15 is 0 Å². The first kappa shape index (κ1) is 22.9. The van der Waals surface area contributed by atoms with Crippen molar-refractivity contribution in [2.45, 2.75) is 45.2 Å². The highest BCUT2D eigenvalue weighted by molar-refractivity contribution is 14.0. The van der Waals surface area contributed by atoms with Crippen LogP contribution in [-0.2, 0) is 28.9 Å². The van der Waals surface area contributed by atoms with Gasteiger partial charge in [-0.1, -0.05) is 6.92 Å². The molecule has 2 N–H and O–H groups in total. The number of nitrogens with one attached hydrogen (secondary N) is 2. The molecule has 1 amide bonds. The molecule has 0 saturated carbocycles. The van der Waals surface area contributed by atoms with Gasteiger partial charge in [-0.05, 0) is 12.8 Å². The minimum atomic E-state index is -0.0184. The van der Waals surface area contributed by atoms with Crippen LogP contribution in [0.3, 0.4) is 0 Å². The second-order valence-corrected chi connectivity index (χ2v) is 7.42. The number of aromatic nitrogens is 3. The average Bonchev–Trinajstić information content (AvgIpc) is 3.32. The number of ether oxygens (including phenoxy) is 1. The molecule has 0 spiro atoms. The molecular formula is C18H32IN7O2. The summed E-state index contributed by atoms with van der Waals surface area (Å²) in [5, 5.41) is 11.4. The standard InChI is InChI=1S/C18H31N7O2.HI/c1-4-15-22-16-6-5-14(11-25(16)23-15)21-18(20-10-17(26)24(2)3)19-9-13-7-8-27-12-13;/h13-14H,4-12H2,1-3H3,(H2,19,20,21);1H. The molecule has 2 unspecified atom stereocenters. The summed E-state index contributed by atoms with van der Waals surface area (Å²) >= 11 is 0. The number of hydrogen-bond acceptors (Lipinski definition) is 5. The number of hydrogen-bond donors (Lipinski definition) is 2. The maximum Gasteiger partial charge on any atom is 0.243 e. The van der Waals surface area contributed by atoms with Gasteiger partial charge in [-0.3, -0.25) is 4.79 Å². The van der Waals surface area contributed by atoms with E-state index in [2.05, 4.69) is 32.6 Å². The van der Waals surface area contributed by atoms with Crippen LogP contribution in [0.2, 0.25) is 0 Å². The van der Waals surface area contributed by atoms with Gasteiger partial charge >= 0.3 is 0 Å². The predicted octanol–water partition coefficient (Wildman–Crippen LogP) is 0.433. The number of likely N-dealkylation sites (N-methyl/N-ethyl adjacent to an activating group) is 1. The van der Waals surface area contributed by atoms with Crippen LogP contribution in [0, 0.1) is 5.92 Å². The lowest BCUT2D eigenvalue weighted by Crippen LogP contribution is -2.48. The Bertz CT molecular complexity index is 671. The van der Waals surface area contributed by atoms with E-state index in [-0.39, 0.29) is 42.5 Å². The molecule has 9 nitrogen and oxygen atoms in total. The van der Waals surface area contributed by atoms with Gasteiger partial charge in [0.2, 0.25) is 5.91 Å². The molecule has 2 aliphatic rings. The van der Waals surface area contributed by atoms with Crippen molar-refractivity contribution in [1.82, 2.24) is 30.3 Å². The van der Waals surface area contributed by atoms with Crippen LogP contribution >= 0.6 is 24.0 Å². The Morgan fingerprint density at radius 1 is 1.39 bits per heavy atom. The Morgan fingerprint density at radius 2 is 2.21 bits per heavy atom. The van der Waals surface area contributed by atoms with Crippen LogP contribution in [0.15, 0.2) is 4.99 Å². The van der Waals surface area contributed by atoms with Crippen molar-refractivity contribution in [2.75, 3.05) is 40.4 Å². The summed E-state index contributed by atoms with van der Waals surface area (Å²) in [5.74, 6) is 3.11. The highest BCUT2D eigenvalue weighted by Crippen LogP contribution is 2.14. The molecule has 28 heavy (non-hydrogen) atoms. The lowest BCUT2D eigenvalue weighted by molar-refractivity contribution is -0.127. The minimum absolute atomic E-state index is 0. The van der Waals surface area contributed by atoms with Crippen molar-refractivity contribution >= 4 is 35.8 Å². The van der Waals surface area contributed by atoms with Gasteiger partial charge in [0, 0.05) is 52.0 Å². The number of rotatable bonds is 6. The second kappa shape index (κ2) is 10.9. The lowest BCUT2D eigenvalue weighted by Gasteiger charge is -2.26. The van der Waals surface area contributed by atoms with Gasteiger partial charge in [0.1, 0.15) is 12.4 Å². The number of aliphatic imine (C=N–C) groups is 1. The molecule has 0 aromatic carbocycles. The zero-order chi connectivity index (χ0) is 19.2. The van der Waals surface area contributed by atoms with Crippen LogP contribution in [0.5, 0.6) is 0 Å². The summed E-state index contributed by atoms with van der Waals surface area (Å²) < 4.78 is 7.43. The third-order valence-corrected chi connectivity index (χ3v) is 5.01. The molecule has 2 atom stereocenters. The van der Waals surface area contributed by atoms with Crippen LogP contribution in [-0.4, -0.2) is 78.0 Å². The van der Waals surface area contributed by atoms with Gasteiger partial charge in [0.05, 0.1) is 13.2 Å².